The maximum Gasteiger partial charge on any atom is 0.306 e. The molecule has 438 valence electrons. The number of hydrogen-bond donors (Lipinski definition) is 0. The first-order valence-electron chi connectivity index (χ1n) is 32.6. The van der Waals surface area contributed by atoms with Crippen LogP contribution in [0.5, 0.6) is 0 Å². The molecule has 1 atom stereocenters. The van der Waals surface area contributed by atoms with E-state index in [9.17, 15) is 14.4 Å². The lowest BCUT2D eigenvalue weighted by Gasteiger charge is -2.18. The molecule has 6 nitrogen and oxygen atoms in total. The molecule has 0 fully saturated rings. The smallest absolute Gasteiger partial charge is 0.306 e. The van der Waals surface area contributed by atoms with Crippen LogP contribution in [0.2, 0.25) is 0 Å². The summed E-state index contributed by atoms with van der Waals surface area (Å²) in [5.74, 6) is -0.884. The summed E-state index contributed by atoms with van der Waals surface area (Å²) in [6.07, 6.45) is 84.4. The van der Waals surface area contributed by atoms with Gasteiger partial charge >= 0.3 is 17.9 Å². The molecule has 0 aromatic carbocycles. The molecule has 0 amide bonds. The summed E-state index contributed by atoms with van der Waals surface area (Å²) in [5, 5.41) is 0. The number of hydrogen-bond acceptors (Lipinski definition) is 6. The van der Waals surface area contributed by atoms with Gasteiger partial charge in [-0.3, -0.25) is 14.4 Å². The second-order valence-corrected chi connectivity index (χ2v) is 21.6. The normalized spacial score (nSPS) is 12.6. The van der Waals surface area contributed by atoms with Gasteiger partial charge in [0.05, 0.1) is 0 Å². The lowest BCUT2D eigenvalue weighted by Crippen LogP contribution is -2.30. The number of unbranched alkanes of at least 4 members (excludes halogenated alkanes) is 34. The van der Waals surface area contributed by atoms with Crippen LogP contribution in [0.1, 0.15) is 323 Å². The highest BCUT2D eigenvalue weighted by atomic mass is 16.6. The quantitative estimate of drug-likeness (QED) is 0.0261. The van der Waals surface area contributed by atoms with Crippen molar-refractivity contribution in [3.63, 3.8) is 0 Å². The highest BCUT2D eigenvalue weighted by molar-refractivity contribution is 5.71. The summed E-state index contributed by atoms with van der Waals surface area (Å²) in [7, 11) is 0. The predicted molar refractivity (Wildman–Crippen MR) is 330 cm³/mol. The largest absolute Gasteiger partial charge is 0.462 e. The van der Waals surface area contributed by atoms with Gasteiger partial charge in [-0.15, -0.1) is 0 Å². The molecule has 0 radical (unpaired) electrons. The van der Waals surface area contributed by atoms with E-state index in [1.165, 1.54) is 173 Å². The molecule has 0 spiro atoms. The van der Waals surface area contributed by atoms with E-state index in [2.05, 4.69) is 106 Å². The van der Waals surface area contributed by atoms with Gasteiger partial charge < -0.3 is 14.2 Å². The lowest BCUT2D eigenvalue weighted by molar-refractivity contribution is -0.167. The van der Waals surface area contributed by atoms with E-state index in [0.29, 0.717) is 19.3 Å². The van der Waals surface area contributed by atoms with E-state index in [-0.39, 0.29) is 31.1 Å². The molecule has 0 bridgehead atoms. The molecule has 6 heteroatoms. The van der Waals surface area contributed by atoms with E-state index in [4.69, 9.17) is 14.2 Å². The van der Waals surface area contributed by atoms with Crippen LogP contribution in [-0.2, 0) is 28.6 Å². The molecule has 0 aliphatic heterocycles. The fourth-order valence-electron chi connectivity index (χ4n) is 9.27. The maximum atomic E-state index is 12.9. The van der Waals surface area contributed by atoms with Crippen molar-refractivity contribution in [3.05, 3.63) is 85.1 Å². The first-order chi connectivity index (χ1) is 37.5. The van der Waals surface area contributed by atoms with Gasteiger partial charge in [-0.1, -0.05) is 292 Å². The molecule has 0 aromatic rings. The molecular formula is C70H122O6. The van der Waals surface area contributed by atoms with Gasteiger partial charge in [0.15, 0.2) is 6.10 Å². The van der Waals surface area contributed by atoms with Gasteiger partial charge in [-0.25, -0.2) is 0 Å². The van der Waals surface area contributed by atoms with E-state index >= 15 is 0 Å². The molecule has 0 saturated carbocycles. The Morgan fingerprint density at radius 3 is 0.816 bits per heavy atom. The van der Waals surface area contributed by atoms with Crippen LogP contribution < -0.4 is 0 Å². The van der Waals surface area contributed by atoms with Crippen LogP contribution in [0.3, 0.4) is 0 Å². The molecule has 0 aromatic heterocycles. The first kappa shape index (κ1) is 72.6. The van der Waals surface area contributed by atoms with Crippen LogP contribution in [-0.4, -0.2) is 37.2 Å². The monoisotopic (exact) mass is 1060 g/mol. The number of rotatable bonds is 59. The minimum Gasteiger partial charge on any atom is -0.462 e. The molecule has 0 N–H and O–H groups in total. The highest BCUT2D eigenvalue weighted by Gasteiger charge is 2.19. The van der Waals surface area contributed by atoms with Crippen molar-refractivity contribution < 1.29 is 28.6 Å². The van der Waals surface area contributed by atoms with Gasteiger partial charge in [-0.2, -0.15) is 0 Å². The third kappa shape index (κ3) is 61.4. The van der Waals surface area contributed by atoms with Crippen molar-refractivity contribution in [2.75, 3.05) is 13.2 Å². The molecule has 0 heterocycles. The fourth-order valence-corrected chi connectivity index (χ4v) is 9.27. The number of ether oxygens (including phenoxy) is 3. The average Bonchev–Trinajstić information content (AvgIpc) is 3.42. The SMILES string of the molecule is CC/C=C\C/C=C\C/C=C\C/C=C\C/C=C\C/C=C\CCCCCCCCC(=O)OCC(COC(=O)CCCCCCCCCCCCCCCCCC)OC(=O)CCCCCCCCC/C=C\CCCCCCCC. The molecule has 0 aliphatic rings. The molecule has 0 rings (SSSR count). The summed E-state index contributed by atoms with van der Waals surface area (Å²) < 4.78 is 16.9. The second kappa shape index (κ2) is 64.1. The predicted octanol–water partition coefficient (Wildman–Crippen LogP) is 22.3. The Morgan fingerprint density at radius 1 is 0.276 bits per heavy atom. The first-order valence-corrected chi connectivity index (χ1v) is 32.6. The van der Waals surface area contributed by atoms with Crippen molar-refractivity contribution in [2.24, 2.45) is 0 Å². The number of carbonyl (C=O) groups excluding carboxylic acids is 3. The molecule has 0 aliphatic carbocycles. The molecule has 1 unspecified atom stereocenters. The van der Waals surface area contributed by atoms with Crippen LogP contribution >= 0.6 is 0 Å². The molecule has 0 saturated heterocycles. The van der Waals surface area contributed by atoms with Crippen molar-refractivity contribution in [1.29, 1.82) is 0 Å². The number of esters is 3. The Kier molecular flexibility index (Phi) is 61.2. The molecule has 76 heavy (non-hydrogen) atoms. The third-order valence-corrected chi connectivity index (χ3v) is 14.1. The summed E-state index contributed by atoms with van der Waals surface area (Å²) >= 11 is 0. The van der Waals surface area contributed by atoms with Gasteiger partial charge in [0, 0.05) is 19.3 Å². The highest BCUT2D eigenvalue weighted by Crippen LogP contribution is 2.17. The van der Waals surface area contributed by atoms with E-state index in [0.717, 1.165) is 109 Å². The van der Waals surface area contributed by atoms with Gasteiger partial charge in [-0.05, 0) is 96.3 Å². The summed E-state index contributed by atoms with van der Waals surface area (Å²) in [5.41, 5.74) is 0. The van der Waals surface area contributed by atoms with Crippen LogP contribution in [0.25, 0.3) is 0 Å². The molecular weight excluding hydrogens is 937 g/mol. The van der Waals surface area contributed by atoms with E-state index in [1.807, 2.05) is 0 Å². The van der Waals surface area contributed by atoms with Crippen molar-refractivity contribution in [1.82, 2.24) is 0 Å². The summed E-state index contributed by atoms with van der Waals surface area (Å²) in [4.78, 5) is 38.4. The maximum absolute atomic E-state index is 12.9. The Balaban J connectivity index is 4.38. The number of allylic oxidation sites excluding steroid dienone is 14. The Labute approximate surface area is 471 Å². The van der Waals surface area contributed by atoms with E-state index < -0.39 is 6.10 Å². The van der Waals surface area contributed by atoms with Gasteiger partial charge in [0.25, 0.3) is 0 Å². The summed E-state index contributed by atoms with van der Waals surface area (Å²) in [6.45, 7) is 6.55. The van der Waals surface area contributed by atoms with E-state index in [1.54, 1.807) is 0 Å². The standard InChI is InChI=1S/C70H122O6/c1-4-7-10-13-16-19-22-25-28-31-32-33-34-35-36-37-38-40-42-45-48-51-54-57-60-63-69(72)75-66-67(65-74-68(71)62-59-56-53-50-47-44-41-30-27-24-21-18-15-12-9-6-3)76-70(73)64-61-58-55-52-49-46-43-39-29-26-23-20-17-14-11-8-5-2/h7,10,16,19,25-26,28-29,32-33,35-36,38,40,67H,4-6,8-9,11-15,17-18,20-24,27,30-31,34,37,39,41-66H2,1-3H3/b10-7-,19-16-,28-25-,29-26-,33-32-,36-35-,40-38-. The zero-order chi connectivity index (χ0) is 55.0. The Morgan fingerprint density at radius 2 is 0.513 bits per heavy atom. The van der Waals surface area contributed by atoms with Gasteiger partial charge in [0.2, 0.25) is 0 Å². The second-order valence-electron chi connectivity index (χ2n) is 21.6. The average molecular weight is 1060 g/mol. The summed E-state index contributed by atoms with van der Waals surface area (Å²) in [6, 6.07) is 0. The topological polar surface area (TPSA) is 78.9 Å². The van der Waals surface area contributed by atoms with Crippen LogP contribution in [0, 0.1) is 0 Å². The van der Waals surface area contributed by atoms with Crippen molar-refractivity contribution >= 4 is 17.9 Å². The van der Waals surface area contributed by atoms with Crippen LogP contribution in [0.4, 0.5) is 0 Å². The zero-order valence-electron chi connectivity index (χ0n) is 50.3. The zero-order valence-corrected chi connectivity index (χ0v) is 50.3. The van der Waals surface area contributed by atoms with Gasteiger partial charge in [0.1, 0.15) is 13.2 Å². The van der Waals surface area contributed by atoms with Crippen molar-refractivity contribution in [3.8, 4) is 0 Å². The third-order valence-electron chi connectivity index (χ3n) is 14.1. The number of carbonyl (C=O) groups is 3. The fraction of sp³-hybridized carbons (Fsp3) is 0.757. The Hall–Kier alpha value is -3.41. The minimum atomic E-state index is -0.785. The minimum absolute atomic E-state index is 0.0798. The Bertz CT molecular complexity index is 1450. The lowest BCUT2D eigenvalue weighted by atomic mass is 10.0. The van der Waals surface area contributed by atoms with Crippen molar-refractivity contribution in [2.45, 2.75) is 329 Å². The van der Waals surface area contributed by atoms with Crippen LogP contribution in [0.15, 0.2) is 85.1 Å².